The molecular formula is C8H12N3O5+. The monoisotopic (exact) mass is 230 g/mol. The molecule has 0 unspecified atom stereocenters. The van der Waals surface area contributed by atoms with E-state index in [4.69, 9.17) is 10.5 Å². The van der Waals surface area contributed by atoms with E-state index in [1.165, 1.54) is 6.92 Å². The maximum atomic E-state index is 11.3. The van der Waals surface area contributed by atoms with Gasteiger partial charge in [-0.25, -0.2) is 4.79 Å². The van der Waals surface area contributed by atoms with Crippen LogP contribution in [0.25, 0.3) is 4.98 Å². The smallest absolute Gasteiger partial charge is 0.475 e. The minimum Gasteiger partial charge on any atom is -0.475 e. The highest BCUT2D eigenvalue weighted by molar-refractivity contribution is 5.97. The molecular weight excluding hydrogens is 218 g/mol. The predicted molar refractivity (Wildman–Crippen MR) is 51.4 cm³/mol. The van der Waals surface area contributed by atoms with Crippen LogP contribution < -0.4 is 5.32 Å². The van der Waals surface area contributed by atoms with Gasteiger partial charge in [-0.05, 0) is 6.92 Å². The van der Waals surface area contributed by atoms with Gasteiger partial charge in [0.25, 0.3) is 0 Å². The molecule has 8 nitrogen and oxygen atoms in total. The van der Waals surface area contributed by atoms with E-state index in [2.05, 4.69) is 19.8 Å². The molecule has 0 radical (unpaired) electrons. The Kier molecular flexibility index (Phi) is 5.34. The number of nitrogens with zero attached hydrogens (tertiary/aromatic N) is 2. The number of esters is 1. The molecule has 0 aromatic rings. The highest BCUT2D eigenvalue weighted by Gasteiger charge is 2.32. The summed E-state index contributed by atoms with van der Waals surface area (Å²) in [7, 11) is 2.24. The summed E-state index contributed by atoms with van der Waals surface area (Å²) in [6.07, 6.45) is 0. The first kappa shape index (κ1) is 13.7. The van der Waals surface area contributed by atoms with Crippen molar-refractivity contribution < 1.29 is 24.2 Å². The molecule has 0 saturated heterocycles. The summed E-state index contributed by atoms with van der Waals surface area (Å²) in [5.74, 6) is -2.51. The van der Waals surface area contributed by atoms with Crippen molar-refractivity contribution in [2.24, 2.45) is 0 Å². The number of hydrogen-bond donors (Lipinski definition) is 2. The molecule has 0 aliphatic heterocycles. The average molecular weight is 230 g/mol. The third-order valence-electron chi connectivity index (χ3n) is 1.61. The van der Waals surface area contributed by atoms with Crippen molar-refractivity contribution in [1.82, 2.24) is 5.32 Å². The normalized spacial score (nSPS) is 12.9. The van der Waals surface area contributed by atoms with Gasteiger partial charge < -0.3 is 19.9 Å². The molecule has 88 valence electrons. The van der Waals surface area contributed by atoms with E-state index in [1.807, 2.05) is 0 Å². The number of nitrogens with one attached hydrogen (secondary N) is 1. The molecule has 2 N–H and O–H groups in total. The molecule has 0 spiro atoms. The summed E-state index contributed by atoms with van der Waals surface area (Å²) in [6, 6.07) is -0.945. The van der Waals surface area contributed by atoms with E-state index in [-0.39, 0.29) is 0 Å². The summed E-state index contributed by atoms with van der Waals surface area (Å²) < 4.78 is 8.65. The van der Waals surface area contributed by atoms with Crippen molar-refractivity contribution in [3.8, 4) is 0 Å². The van der Waals surface area contributed by atoms with Gasteiger partial charge in [-0.3, -0.25) is 4.79 Å². The van der Waals surface area contributed by atoms with Crippen LogP contribution in [0.3, 0.4) is 0 Å². The van der Waals surface area contributed by atoms with Crippen LogP contribution in [0.2, 0.25) is 0 Å². The second-order valence-corrected chi connectivity index (χ2v) is 2.68. The number of diazo groups is 1. The lowest BCUT2D eigenvalue weighted by molar-refractivity contribution is -0.144. The minimum atomic E-state index is -0.972. The Morgan fingerprint density at radius 1 is 1.38 bits per heavy atom. The second-order valence-electron chi connectivity index (χ2n) is 2.68. The lowest BCUT2D eigenvalue weighted by atomic mass is 10.3. The standard InChI is InChI=1S/C8H11N3O5/c1-4(7(13)15-2)10-6(12)5(11-9)8(14)16-3/h4H,1-3H3,(H-,10,12,14)/p+1/t4-/m0/s1. The Morgan fingerprint density at radius 3 is 2.31 bits per heavy atom. The van der Waals surface area contributed by atoms with Gasteiger partial charge in [0.05, 0.1) is 14.2 Å². The molecule has 0 bridgehead atoms. The molecule has 0 aromatic carbocycles. The van der Waals surface area contributed by atoms with Gasteiger partial charge in [-0.15, -0.1) is 0 Å². The van der Waals surface area contributed by atoms with Crippen LogP contribution in [0.4, 0.5) is 0 Å². The van der Waals surface area contributed by atoms with E-state index < -0.39 is 29.6 Å². The number of carbonyl (C=O) groups is 2. The SMILES string of the molecule is COC(=O)[C@H](C)NC(=O)/C([N+]#N)=C(/O)OC. The maximum Gasteiger partial charge on any atom is 0.527 e. The molecule has 1 amide bonds. The van der Waals surface area contributed by atoms with Crippen molar-refractivity contribution in [2.45, 2.75) is 13.0 Å². The number of ether oxygens (including phenoxy) is 2. The Hall–Kier alpha value is -2.30. The number of aliphatic hydroxyl groups excluding tert-OH is 1. The molecule has 0 heterocycles. The first-order valence-electron chi connectivity index (χ1n) is 4.18. The number of hydrogen-bond acceptors (Lipinski definition) is 6. The van der Waals surface area contributed by atoms with Gasteiger partial charge >= 0.3 is 23.5 Å². The third kappa shape index (κ3) is 3.45. The van der Waals surface area contributed by atoms with Gasteiger partial charge in [0.15, 0.2) is 4.98 Å². The van der Waals surface area contributed by atoms with Crippen LogP contribution >= 0.6 is 0 Å². The number of methoxy groups -OCH3 is 2. The summed E-state index contributed by atoms with van der Waals surface area (Å²) in [5.41, 5.74) is -0.738. The van der Waals surface area contributed by atoms with Crippen LogP contribution in [-0.4, -0.2) is 37.2 Å². The van der Waals surface area contributed by atoms with Crippen LogP contribution in [0.1, 0.15) is 6.92 Å². The number of rotatable bonds is 4. The van der Waals surface area contributed by atoms with Gasteiger partial charge in [-0.2, -0.15) is 0 Å². The van der Waals surface area contributed by atoms with Crippen molar-refractivity contribution in [3.05, 3.63) is 16.6 Å². The third-order valence-corrected chi connectivity index (χ3v) is 1.61. The summed E-state index contributed by atoms with van der Waals surface area (Å²) >= 11 is 0. The van der Waals surface area contributed by atoms with Gasteiger partial charge in [0.1, 0.15) is 6.04 Å². The molecule has 0 saturated carbocycles. The van der Waals surface area contributed by atoms with E-state index in [0.717, 1.165) is 14.2 Å². The Labute approximate surface area is 91.5 Å². The fourth-order valence-electron chi connectivity index (χ4n) is 0.783. The van der Waals surface area contributed by atoms with E-state index in [0.29, 0.717) is 0 Å². The molecule has 16 heavy (non-hydrogen) atoms. The highest BCUT2D eigenvalue weighted by Crippen LogP contribution is 2.04. The largest absolute Gasteiger partial charge is 0.527 e. The molecule has 0 rings (SSSR count). The minimum absolute atomic E-state index is 0.678. The zero-order valence-corrected chi connectivity index (χ0v) is 9.05. The van der Waals surface area contributed by atoms with Crippen molar-refractivity contribution >= 4 is 11.9 Å². The Balaban J connectivity index is 4.71. The van der Waals surface area contributed by atoms with Crippen molar-refractivity contribution in [3.63, 3.8) is 0 Å². The topological polar surface area (TPSA) is 113 Å². The summed E-state index contributed by atoms with van der Waals surface area (Å²) in [5, 5.41) is 19.6. The average Bonchev–Trinajstić information content (AvgIpc) is 2.28. The number of aliphatic hydroxyl groups is 1. The highest BCUT2D eigenvalue weighted by atomic mass is 16.6. The molecule has 0 aromatic heterocycles. The van der Waals surface area contributed by atoms with Crippen LogP contribution in [-0.2, 0) is 19.1 Å². The van der Waals surface area contributed by atoms with Gasteiger partial charge in [-0.1, -0.05) is 0 Å². The lowest BCUT2D eigenvalue weighted by Gasteiger charge is -2.08. The molecule has 0 fully saturated rings. The summed E-state index contributed by atoms with van der Waals surface area (Å²) in [6.45, 7) is 1.36. The zero-order chi connectivity index (χ0) is 12.7. The van der Waals surface area contributed by atoms with E-state index in [9.17, 15) is 9.59 Å². The van der Waals surface area contributed by atoms with Crippen LogP contribution in [0.15, 0.2) is 11.6 Å². The molecule has 0 aliphatic carbocycles. The van der Waals surface area contributed by atoms with E-state index in [1.54, 1.807) is 0 Å². The van der Waals surface area contributed by atoms with E-state index >= 15 is 0 Å². The van der Waals surface area contributed by atoms with Crippen LogP contribution in [0, 0.1) is 5.39 Å². The fourth-order valence-corrected chi connectivity index (χ4v) is 0.783. The Bertz CT molecular complexity index is 357. The van der Waals surface area contributed by atoms with Gasteiger partial charge in [0, 0.05) is 0 Å². The second kappa shape index (κ2) is 6.23. The maximum absolute atomic E-state index is 11.3. The van der Waals surface area contributed by atoms with Gasteiger partial charge in [0.2, 0.25) is 5.39 Å². The van der Waals surface area contributed by atoms with Crippen LogP contribution in [0.5, 0.6) is 0 Å². The lowest BCUT2D eigenvalue weighted by Crippen LogP contribution is -2.39. The fraction of sp³-hybridized carbons (Fsp3) is 0.500. The molecule has 8 heteroatoms. The number of carbonyl (C=O) groups excluding carboxylic acids is 2. The van der Waals surface area contributed by atoms with Crippen molar-refractivity contribution in [1.29, 1.82) is 5.39 Å². The Morgan fingerprint density at radius 2 is 1.94 bits per heavy atom. The molecule has 0 aliphatic rings. The summed E-state index contributed by atoms with van der Waals surface area (Å²) in [4.78, 5) is 24.8. The number of amides is 1. The first-order valence-corrected chi connectivity index (χ1v) is 4.18. The quantitative estimate of drug-likeness (QED) is 0.301. The van der Waals surface area contributed by atoms with Crippen molar-refractivity contribution in [2.75, 3.05) is 14.2 Å². The zero-order valence-electron chi connectivity index (χ0n) is 9.05. The first-order chi connectivity index (χ1) is 7.47. The predicted octanol–water partition coefficient (Wildman–Crippen LogP) is -0.109. The molecule has 1 atom stereocenters.